The van der Waals surface area contributed by atoms with Crippen LogP contribution >= 0.6 is 11.3 Å². The molecule has 4 N–H and O–H groups in total. The number of nitrogens with one attached hydrogen (secondary N) is 3. The summed E-state index contributed by atoms with van der Waals surface area (Å²) in [7, 11) is -3.91. The second-order valence-electron chi connectivity index (χ2n) is 5.71. The molecule has 3 aromatic rings. The molecule has 2 amide bonds. The van der Waals surface area contributed by atoms with E-state index in [0.29, 0.717) is 21.9 Å². The van der Waals surface area contributed by atoms with Gasteiger partial charge < -0.3 is 10.4 Å². The standard InChI is InChI=1S/C18H16N4O5S2/c23-16(24)11-20-29(26,27)17-8-7-14(28-17)12-4-3-5-13(10-12)21-18(25)22-15-6-1-2-9-19-15/h1-10,20H,11H2,(H,23,24)(H2,19,21,22,25). The number of benzene rings is 1. The van der Waals surface area contributed by atoms with E-state index in [1.54, 1.807) is 54.7 Å². The Bertz CT molecular complexity index is 1130. The van der Waals surface area contributed by atoms with Crippen LogP contribution in [0.3, 0.4) is 0 Å². The van der Waals surface area contributed by atoms with E-state index in [9.17, 15) is 18.0 Å². The van der Waals surface area contributed by atoms with E-state index >= 15 is 0 Å². The molecule has 0 saturated heterocycles. The van der Waals surface area contributed by atoms with Gasteiger partial charge in [-0.15, -0.1) is 11.3 Å². The molecule has 2 aromatic heterocycles. The molecule has 150 valence electrons. The number of amides is 2. The largest absolute Gasteiger partial charge is 0.480 e. The van der Waals surface area contributed by atoms with Crippen molar-refractivity contribution in [3.8, 4) is 10.4 Å². The number of carboxylic acids is 1. The van der Waals surface area contributed by atoms with Crippen molar-refractivity contribution in [2.24, 2.45) is 0 Å². The van der Waals surface area contributed by atoms with Crippen molar-refractivity contribution >= 4 is 44.9 Å². The third-order valence-electron chi connectivity index (χ3n) is 3.57. The molecule has 0 saturated carbocycles. The topological polar surface area (TPSA) is 137 Å². The lowest BCUT2D eigenvalue weighted by molar-refractivity contribution is -0.135. The summed E-state index contributed by atoms with van der Waals surface area (Å²) < 4.78 is 26.3. The van der Waals surface area contributed by atoms with Crippen molar-refractivity contribution in [1.82, 2.24) is 9.71 Å². The molecule has 0 bridgehead atoms. The first-order valence-electron chi connectivity index (χ1n) is 8.24. The van der Waals surface area contributed by atoms with E-state index in [-0.39, 0.29) is 4.21 Å². The van der Waals surface area contributed by atoms with E-state index in [4.69, 9.17) is 5.11 Å². The minimum absolute atomic E-state index is 0.00000674. The van der Waals surface area contributed by atoms with Gasteiger partial charge in [0.25, 0.3) is 10.0 Å². The lowest BCUT2D eigenvalue weighted by Gasteiger charge is -2.08. The maximum absolute atomic E-state index is 12.1. The monoisotopic (exact) mass is 432 g/mol. The van der Waals surface area contributed by atoms with Crippen molar-refractivity contribution in [1.29, 1.82) is 0 Å². The number of carboxylic acid groups (broad SMARTS) is 1. The Labute approximate surface area is 170 Å². The van der Waals surface area contributed by atoms with Gasteiger partial charge in [0.15, 0.2) is 0 Å². The van der Waals surface area contributed by atoms with Gasteiger partial charge in [0.1, 0.15) is 16.6 Å². The molecule has 0 aliphatic rings. The molecule has 0 aliphatic heterocycles. The Morgan fingerprint density at radius 3 is 2.59 bits per heavy atom. The van der Waals surface area contributed by atoms with Gasteiger partial charge in [-0.25, -0.2) is 18.2 Å². The van der Waals surface area contributed by atoms with Crippen LogP contribution in [0.15, 0.2) is 65.0 Å². The predicted molar refractivity (Wildman–Crippen MR) is 109 cm³/mol. The maximum Gasteiger partial charge on any atom is 0.324 e. The molecule has 1 aromatic carbocycles. The number of hydrogen-bond donors (Lipinski definition) is 4. The Morgan fingerprint density at radius 2 is 1.86 bits per heavy atom. The molecule has 3 rings (SSSR count). The second-order valence-corrected chi connectivity index (χ2v) is 8.79. The summed E-state index contributed by atoms with van der Waals surface area (Å²) in [6.45, 7) is -0.694. The number of sulfonamides is 1. The van der Waals surface area contributed by atoms with Crippen molar-refractivity contribution in [3.63, 3.8) is 0 Å². The van der Waals surface area contributed by atoms with Gasteiger partial charge in [-0.05, 0) is 42.0 Å². The quantitative estimate of drug-likeness (QED) is 0.453. The molecular weight excluding hydrogens is 416 g/mol. The minimum atomic E-state index is -3.91. The SMILES string of the molecule is O=C(O)CNS(=O)(=O)c1ccc(-c2cccc(NC(=O)Nc3ccccn3)c2)s1. The average Bonchev–Trinajstić information content (AvgIpc) is 3.19. The van der Waals surface area contributed by atoms with E-state index in [2.05, 4.69) is 15.6 Å². The zero-order valence-electron chi connectivity index (χ0n) is 14.8. The van der Waals surface area contributed by atoms with Gasteiger partial charge in [-0.1, -0.05) is 18.2 Å². The average molecular weight is 432 g/mol. The van der Waals surface area contributed by atoms with Gasteiger partial charge in [-0.3, -0.25) is 10.1 Å². The fourth-order valence-electron chi connectivity index (χ4n) is 2.31. The first kappa shape index (κ1) is 20.5. The van der Waals surface area contributed by atoms with Crippen molar-refractivity contribution in [2.75, 3.05) is 17.2 Å². The third-order valence-corrected chi connectivity index (χ3v) is 6.60. The molecule has 0 aliphatic carbocycles. The molecule has 9 nitrogen and oxygen atoms in total. The Kier molecular flexibility index (Phi) is 6.22. The summed E-state index contributed by atoms with van der Waals surface area (Å²) in [5.74, 6) is -0.865. The molecular formula is C18H16N4O5S2. The van der Waals surface area contributed by atoms with Gasteiger partial charge in [-0.2, -0.15) is 4.72 Å². The summed E-state index contributed by atoms with van der Waals surface area (Å²) in [5.41, 5.74) is 1.21. The molecule has 29 heavy (non-hydrogen) atoms. The second kappa shape index (κ2) is 8.82. The van der Waals surface area contributed by atoms with Crippen LogP contribution in [0.25, 0.3) is 10.4 Å². The zero-order chi connectivity index (χ0) is 20.9. The highest BCUT2D eigenvalue weighted by atomic mass is 32.2. The molecule has 11 heteroatoms. The highest BCUT2D eigenvalue weighted by molar-refractivity contribution is 7.91. The van der Waals surface area contributed by atoms with Crippen LogP contribution < -0.4 is 15.4 Å². The van der Waals surface area contributed by atoms with Crippen molar-refractivity contribution < 1.29 is 23.1 Å². The summed E-state index contributed by atoms with van der Waals surface area (Å²) in [6, 6.07) is 14.6. The number of carbonyl (C=O) groups is 2. The number of nitrogens with zero attached hydrogens (tertiary/aromatic N) is 1. The number of rotatable bonds is 7. The molecule has 0 unspecified atom stereocenters. The van der Waals surface area contributed by atoms with Crippen LogP contribution in [0, 0.1) is 0 Å². The summed E-state index contributed by atoms with van der Waals surface area (Å²) in [5, 5.41) is 13.9. The number of carbonyl (C=O) groups excluding carboxylic acids is 1. The summed E-state index contributed by atoms with van der Waals surface area (Å²) >= 11 is 0.993. The van der Waals surface area contributed by atoms with E-state index in [1.807, 2.05) is 4.72 Å². The van der Waals surface area contributed by atoms with E-state index < -0.39 is 28.6 Å². The zero-order valence-corrected chi connectivity index (χ0v) is 16.5. The number of thiophene rings is 1. The third kappa shape index (κ3) is 5.60. The lowest BCUT2D eigenvalue weighted by atomic mass is 10.1. The fourth-order valence-corrected chi connectivity index (χ4v) is 4.63. The van der Waals surface area contributed by atoms with Crippen molar-refractivity contribution in [2.45, 2.75) is 4.21 Å². The maximum atomic E-state index is 12.1. The van der Waals surface area contributed by atoms with Crippen LogP contribution in [0.1, 0.15) is 0 Å². The number of urea groups is 1. The first-order chi connectivity index (χ1) is 13.8. The van der Waals surface area contributed by atoms with Gasteiger partial charge in [0, 0.05) is 16.8 Å². The van der Waals surface area contributed by atoms with Crippen LogP contribution in [0.5, 0.6) is 0 Å². The first-order valence-corrected chi connectivity index (χ1v) is 10.5. The molecule has 0 radical (unpaired) electrons. The molecule has 0 spiro atoms. The lowest BCUT2D eigenvalue weighted by Crippen LogP contribution is -2.28. The van der Waals surface area contributed by atoms with E-state index in [1.165, 1.54) is 6.07 Å². The molecule has 2 heterocycles. The number of pyridine rings is 1. The van der Waals surface area contributed by atoms with Crippen molar-refractivity contribution in [3.05, 3.63) is 60.8 Å². The Balaban J connectivity index is 1.72. The molecule has 0 fully saturated rings. The van der Waals surface area contributed by atoms with Gasteiger partial charge in [0.2, 0.25) is 0 Å². The number of anilines is 2. The van der Waals surface area contributed by atoms with Crippen LogP contribution in [-0.4, -0.2) is 37.1 Å². The van der Waals surface area contributed by atoms with E-state index in [0.717, 1.165) is 11.3 Å². The summed E-state index contributed by atoms with van der Waals surface area (Å²) in [6.07, 6.45) is 1.56. The molecule has 0 atom stereocenters. The van der Waals surface area contributed by atoms with Crippen LogP contribution in [0.2, 0.25) is 0 Å². The Hall–Kier alpha value is -3.28. The smallest absolute Gasteiger partial charge is 0.324 e. The predicted octanol–water partition coefficient (Wildman–Crippen LogP) is 2.82. The summed E-state index contributed by atoms with van der Waals surface area (Å²) in [4.78, 5) is 27.3. The minimum Gasteiger partial charge on any atom is -0.480 e. The van der Waals surface area contributed by atoms with Gasteiger partial charge >= 0.3 is 12.0 Å². The number of hydrogen-bond acceptors (Lipinski definition) is 6. The highest BCUT2D eigenvalue weighted by Crippen LogP contribution is 2.32. The fraction of sp³-hybridized carbons (Fsp3) is 0.0556. The van der Waals surface area contributed by atoms with Crippen LogP contribution in [0.4, 0.5) is 16.3 Å². The van der Waals surface area contributed by atoms with Gasteiger partial charge in [0.05, 0.1) is 0 Å². The normalized spacial score (nSPS) is 11.0. The highest BCUT2D eigenvalue weighted by Gasteiger charge is 2.18. The number of aromatic nitrogens is 1. The Morgan fingerprint density at radius 1 is 1.03 bits per heavy atom. The number of aliphatic carboxylic acids is 1. The van der Waals surface area contributed by atoms with Crippen LogP contribution in [-0.2, 0) is 14.8 Å².